The Labute approximate surface area is 100 Å². The lowest BCUT2D eigenvalue weighted by atomic mass is 10.1. The predicted octanol–water partition coefficient (Wildman–Crippen LogP) is 1.82. The Kier molecular flexibility index (Phi) is 2.12. The van der Waals surface area contributed by atoms with Gasteiger partial charge in [-0.25, -0.2) is 0 Å². The van der Waals surface area contributed by atoms with Gasteiger partial charge in [-0.3, -0.25) is 14.5 Å². The number of nitrogens with zero attached hydrogens (tertiary/aromatic N) is 1. The normalized spacial score (nSPS) is 35.3. The Morgan fingerprint density at radius 2 is 1.41 bits per heavy atom. The van der Waals surface area contributed by atoms with E-state index in [2.05, 4.69) is 13.2 Å². The Morgan fingerprint density at radius 3 is 1.82 bits per heavy atom. The molecule has 88 valence electrons. The van der Waals surface area contributed by atoms with Gasteiger partial charge in [-0.15, -0.1) is 0 Å². The maximum atomic E-state index is 12.2. The lowest BCUT2D eigenvalue weighted by Crippen LogP contribution is -2.40. The SMILES string of the molecule is C=CC1=C(C=C)C(=O)N(C2CC3CC3C2)C1=O. The lowest BCUT2D eigenvalue weighted by molar-refractivity contribution is -0.140. The summed E-state index contributed by atoms with van der Waals surface area (Å²) in [7, 11) is 0. The molecule has 0 bridgehead atoms. The first kappa shape index (κ1) is 10.5. The highest BCUT2D eigenvalue weighted by Gasteiger charge is 2.51. The van der Waals surface area contributed by atoms with Crippen molar-refractivity contribution in [2.75, 3.05) is 0 Å². The monoisotopic (exact) mass is 229 g/mol. The summed E-state index contributed by atoms with van der Waals surface area (Å²) in [4.78, 5) is 25.7. The average molecular weight is 229 g/mol. The molecule has 2 fully saturated rings. The van der Waals surface area contributed by atoms with E-state index >= 15 is 0 Å². The maximum Gasteiger partial charge on any atom is 0.261 e. The number of imide groups is 1. The van der Waals surface area contributed by atoms with E-state index in [0.29, 0.717) is 11.1 Å². The van der Waals surface area contributed by atoms with Crippen LogP contribution in [-0.4, -0.2) is 22.8 Å². The van der Waals surface area contributed by atoms with Gasteiger partial charge in [0.1, 0.15) is 0 Å². The molecule has 3 nitrogen and oxygen atoms in total. The van der Waals surface area contributed by atoms with Crippen molar-refractivity contribution in [1.82, 2.24) is 4.90 Å². The van der Waals surface area contributed by atoms with Crippen LogP contribution in [-0.2, 0) is 9.59 Å². The van der Waals surface area contributed by atoms with Crippen LogP contribution in [0.25, 0.3) is 0 Å². The molecule has 0 aromatic carbocycles. The van der Waals surface area contributed by atoms with E-state index < -0.39 is 0 Å². The van der Waals surface area contributed by atoms with Gasteiger partial charge in [0.15, 0.2) is 0 Å². The van der Waals surface area contributed by atoms with Gasteiger partial charge in [0, 0.05) is 6.04 Å². The summed E-state index contributed by atoms with van der Waals surface area (Å²) in [5.74, 6) is 1.12. The number of amides is 2. The summed E-state index contributed by atoms with van der Waals surface area (Å²) < 4.78 is 0. The number of hydrogen-bond acceptors (Lipinski definition) is 2. The van der Waals surface area contributed by atoms with Gasteiger partial charge in [0.05, 0.1) is 11.1 Å². The fourth-order valence-corrected chi connectivity index (χ4v) is 3.20. The predicted molar refractivity (Wildman–Crippen MR) is 63.9 cm³/mol. The Hall–Kier alpha value is -1.64. The maximum absolute atomic E-state index is 12.2. The van der Waals surface area contributed by atoms with E-state index in [0.717, 1.165) is 24.7 Å². The fourth-order valence-electron chi connectivity index (χ4n) is 3.20. The molecule has 0 radical (unpaired) electrons. The van der Waals surface area contributed by atoms with Gasteiger partial charge >= 0.3 is 0 Å². The van der Waals surface area contributed by atoms with Crippen LogP contribution in [0.1, 0.15) is 19.3 Å². The molecule has 17 heavy (non-hydrogen) atoms. The van der Waals surface area contributed by atoms with Crippen LogP contribution in [0.3, 0.4) is 0 Å². The van der Waals surface area contributed by atoms with Crippen molar-refractivity contribution in [2.24, 2.45) is 11.8 Å². The van der Waals surface area contributed by atoms with E-state index in [1.165, 1.54) is 23.5 Å². The van der Waals surface area contributed by atoms with Gasteiger partial charge < -0.3 is 0 Å². The van der Waals surface area contributed by atoms with Crippen molar-refractivity contribution in [3.63, 3.8) is 0 Å². The van der Waals surface area contributed by atoms with E-state index in [9.17, 15) is 9.59 Å². The molecular formula is C14H15NO2. The third-order valence-corrected chi connectivity index (χ3v) is 4.18. The van der Waals surface area contributed by atoms with Crippen molar-refractivity contribution < 1.29 is 9.59 Å². The smallest absolute Gasteiger partial charge is 0.261 e. The Balaban J connectivity index is 1.89. The average Bonchev–Trinajstić information content (AvgIpc) is 2.83. The molecule has 3 rings (SSSR count). The summed E-state index contributed by atoms with van der Waals surface area (Å²) in [6.45, 7) is 7.21. The first-order chi connectivity index (χ1) is 8.17. The van der Waals surface area contributed by atoms with Crippen LogP contribution >= 0.6 is 0 Å². The highest BCUT2D eigenvalue weighted by Crippen LogP contribution is 2.53. The van der Waals surface area contributed by atoms with Crippen LogP contribution in [0.15, 0.2) is 36.5 Å². The van der Waals surface area contributed by atoms with Crippen LogP contribution in [0.5, 0.6) is 0 Å². The number of carbonyl (C=O) groups excluding carboxylic acids is 2. The molecule has 0 aromatic rings. The first-order valence-electron chi connectivity index (χ1n) is 6.04. The second-order valence-electron chi connectivity index (χ2n) is 5.10. The lowest BCUT2D eigenvalue weighted by Gasteiger charge is -2.23. The highest BCUT2D eigenvalue weighted by molar-refractivity contribution is 6.22. The zero-order chi connectivity index (χ0) is 12.2. The summed E-state index contributed by atoms with van der Waals surface area (Å²) in [5, 5.41) is 0. The van der Waals surface area contributed by atoms with Crippen molar-refractivity contribution >= 4 is 11.8 Å². The van der Waals surface area contributed by atoms with Crippen molar-refractivity contribution in [3.8, 4) is 0 Å². The molecule has 0 saturated heterocycles. The zero-order valence-electron chi connectivity index (χ0n) is 9.69. The molecule has 1 heterocycles. The van der Waals surface area contributed by atoms with E-state index in [4.69, 9.17) is 0 Å². The van der Waals surface area contributed by atoms with Crippen molar-refractivity contribution in [2.45, 2.75) is 25.3 Å². The molecule has 0 N–H and O–H groups in total. The molecule has 3 heteroatoms. The summed E-state index contributed by atoms with van der Waals surface area (Å²) in [5.41, 5.74) is 0.816. The second-order valence-corrected chi connectivity index (χ2v) is 5.10. The number of hydrogen-bond donors (Lipinski definition) is 0. The molecule has 0 aromatic heterocycles. The molecule has 3 aliphatic rings. The largest absolute Gasteiger partial charge is 0.271 e. The van der Waals surface area contributed by atoms with Crippen molar-refractivity contribution in [1.29, 1.82) is 0 Å². The Bertz CT molecular complexity index is 435. The number of rotatable bonds is 3. The molecule has 2 aliphatic carbocycles. The van der Waals surface area contributed by atoms with Gasteiger partial charge in [0.25, 0.3) is 11.8 Å². The number of fused-ring (bicyclic) bond motifs is 1. The van der Waals surface area contributed by atoms with Gasteiger partial charge in [0.2, 0.25) is 0 Å². The topological polar surface area (TPSA) is 37.4 Å². The van der Waals surface area contributed by atoms with Crippen molar-refractivity contribution in [3.05, 3.63) is 36.5 Å². The minimum Gasteiger partial charge on any atom is -0.271 e. The minimum atomic E-state index is -0.189. The van der Waals surface area contributed by atoms with E-state index in [1.807, 2.05) is 0 Å². The molecule has 2 atom stereocenters. The molecule has 0 spiro atoms. The van der Waals surface area contributed by atoms with Crippen LogP contribution < -0.4 is 0 Å². The minimum absolute atomic E-state index is 0.103. The van der Waals surface area contributed by atoms with Crippen LogP contribution in [0.2, 0.25) is 0 Å². The highest BCUT2D eigenvalue weighted by atomic mass is 16.2. The summed E-state index contributed by atoms with van der Waals surface area (Å²) in [6.07, 6.45) is 6.18. The van der Waals surface area contributed by atoms with Gasteiger partial charge in [-0.1, -0.05) is 25.3 Å². The standard InChI is InChI=1S/C14H15NO2/c1-3-11-12(4-2)14(17)15(13(11)16)10-6-8-5-9(8)7-10/h3-4,8-10H,1-2,5-7H2. The Morgan fingerprint density at radius 1 is 0.941 bits per heavy atom. The van der Waals surface area contributed by atoms with E-state index in [-0.39, 0.29) is 17.9 Å². The van der Waals surface area contributed by atoms with Crippen LogP contribution in [0, 0.1) is 11.8 Å². The third kappa shape index (κ3) is 1.35. The molecule has 2 amide bonds. The summed E-state index contributed by atoms with van der Waals surface area (Å²) >= 11 is 0. The molecule has 2 unspecified atom stereocenters. The van der Waals surface area contributed by atoms with Crippen LogP contribution in [0.4, 0.5) is 0 Å². The quantitative estimate of drug-likeness (QED) is 0.692. The summed E-state index contributed by atoms with van der Waals surface area (Å²) in [6, 6.07) is 0.103. The van der Waals surface area contributed by atoms with Gasteiger partial charge in [-0.2, -0.15) is 0 Å². The van der Waals surface area contributed by atoms with Gasteiger partial charge in [-0.05, 0) is 31.1 Å². The number of carbonyl (C=O) groups is 2. The van der Waals surface area contributed by atoms with E-state index in [1.54, 1.807) is 0 Å². The first-order valence-corrected chi connectivity index (χ1v) is 6.04. The molecule has 1 aliphatic heterocycles. The molecule has 2 saturated carbocycles. The zero-order valence-corrected chi connectivity index (χ0v) is 9.69. The fraction of sp³-hybridized carbons (Fsp3) is 0.429. The second kappa shape index (κ2) is 3.42. The molecular weight excluding hydrogens is 214 g/mol. The third-order valence-electron chi connectivity index (χ3n) is 4.18.